The number of halogens is 1. The molecule has 0 saturated carbocycles. The Balaban J connectivity index is 2.60. The Labute approximate surface area is 111 Å². The summed E-state index contributed by atoms with van der Waals surface area (Å²) in [7, 11) is 1.60. The lowest BCUT2D eigenvalue weighted by Crippen LogP contribution is -1.99. The van der Waals surface area contributed by atoms with Gasteiger partial charge in [0.25, 0.3) is 0 Å². The van der Waals surface area contributed by atoms with Gasteiger partial charge in [0.15, 0.2) is 0 Å². The van der Waals surface area contributed by atoms with Crippen molar-refractivity contribution in [3.63, 3.8) is 0 Å². The van der Waals surface area contributed by atoms with E-state index in [4.69, 9.17) is 22.1 Å². The van der Waals surface area contributed by atoms with Crippen LogP contribution >= 0.6 is 11.6 Å². The van der Waals surface area contributed by atoms with Gasteiger partial charge in [-0.2, -0.15) is 0 Å². The molecule has 2 rings (SSSR count). The van der Waals surface area contributed by atoms with Gasteiger partial charge >= 0.3 is 0 Å². The van der Waals surface area contributed by atoms with Crippen LogP contribution in [0.1, 0.15) is 17.1 Å². The largest absolute Gasteiger partial charge is 0.495 e. The predicted octanol–water partition coefficient (Wildman–Crippen LogP) is 2.81. The molecule has 3 N–H and O–H groups in total. The van der Waals surface area contributed by atoms with Crippen LogP contribution in [0.3, 0.4) is 0 Å². The number of benzene rings is 1. The summed E-state index contributed by atoms with van der Waals surface area (Å²) in [6.45, 7) is 4.32. The van der Waals surface area contributed by atoms with E-state index >= 15 is 0 Å². The van der Waals surface area contributed by atoms with Gasteiger partial charge in [-0.3, -0.25) is 0 Å². The number of aromatic nitrogens is 2. The molecule has 4 nitrogen and oxygen atoms in total. The van der Waals surface area contributed by atoms with Crippen molar-refractivity contribution in [1.29, 1.82) is 0 Å². The summed E-state index contributed by atoms with van der Waals surface area (Å²) < 4.78 is 5.19. The maximum atomic E-state index is 6.16. The molecule has 0 aliphatic heterocycles. The van der Waals surface area contributed by atoms with E-state index in [0.717, 1.165) is 28.3 Å². The number of nitrogens with one attached hydrogen (secondary N) is 1. The van der Waals surface area contributed by atoms with Gasteiger partial charge < -0.3 is 15.5 Å². The number of H-pyrrole nitrogens is 1. The Morgan fingerprint density at radius 1 is 1.39 bits per heavy atom. The maximum absolute atomic E-state index is 6.16. The van der Waals surface area contributed by atoms with Crippen molar-refractivity contribution in [3.8, 4) is 17.0 Å². The molecule has 0 amide bonds. The zero-order valence-electron chi connectivity index (χ0n) is 10.7. The number of rotatable bonds is 3. The number of methoxy groups -OCH3 is 1. The lowest BCUT2D eigenvalue weighted by Gasteiger charge is -2.09. The van der Waals surface area contributed by atoms with Crippen molar-refractivity contribution in [2.24, 2.45) is 5.73 Å². The minimum absolute atomic E-state index is 0.416. The molecule has 0 atom stereocenters. The van der Waals surface area contributed by atoms with E-state index in [9.17, 15) is 0 Å². The second-order valence-corrected chi connectivity index (χ2v) is 4.56. The standard InChI is InChI=1S/C13H16ClN3O/c1-7-4-12(18-3)10(14)5-9(7)13-11(6-15)16-8(2)17-13/h4-5H,6,15H2,1-3H3,(H,16,17). The van der Waals surface area contributed by atoms with E-state index in [2.05, 4.69) is 9.97 Å². The molecule has 0 fully saturated rings. The van der Waals surface area contributed by atoms with Crippen LogP contribution < -0.4 is 10.5 Å². The molecule has 18 heavy (non-hydrogen) atoms. The van der Waals surface area contributed by atoms with Gasteiger partial charge in [0, 0.05) is 12.1 Å². The molecule has 96 valence electrons. The van der Waals surface area contributed by atoms with Crippen molar-refractivity contribution >= 4 is 11.6 Å². The fraction of sp³-hybridized carbons (Fsp3) is 0.308. The van der Waals surface area contributed by atoms with Gasteiger partial charge in [-0.05, 0) is 31.5 Å². The zero-order chi connectivity index (χ0) is 13.3. The first-order valence-electron chi connectivity index (χ1n) is 5.67. The highest BCUT2D eigenvalue weighted by atomic mass is 35.5. The van der Waals surface area contributed by atoms with E-state index in [1.807, 2.05) is 26.0 Å². The lowest BCUT2D eigenvalue weighted by atomic mass is 10.0. The second-order valence-electron chi connectivity index (χ2n) is 4.16. The first kappa shape index (κ1) is 12.9. The SMILES string of the molecule is COc1cc(C)c(-c2nc(C)[nH]c2CN)cc1Cl. The van der Waals surface area contributed by atoms with E-state index in [-0.39, 0.29) is 0 Å². The number of aryl methyl sites for hydroxylation is 2. The number of hydrogen-bond acceptors (Lipinski definition) is 3. The molecule has 0 aliphatic rings. The summed E-state index contributed by atoms with van der Waals surface area (Å²) in [4.78, 5) is 7.63. The fourth-order valence-electron chi connectivity index (χ4n) is 1.98. The number of aromatic amines is 1. The normalized spacial score (nSPS) is 10.7. The first-order valence-corrected chi connectivity index (χ1v) is 6.04. The quantitative estimate of drug-likeness (QED) is 0.897. The Bertz CT molecular complexity index is 578. The molecule has 0 aliphatic carbocycles. The Morgan fingerprint density at radius 2 is 2.11 bits per heavy atom. The first-order chi connectivity index (χ1) is 8.56. The van der Waals surface area contributed by atoms with Crippen LogP contribution in [-0.2, 0) is 6.54 Å². The molecule has 1 aromatic heterocycles. The highest BCUT2D eigenvalue weighted by molar-refractivity contribution is 6.32. The molecular weight excluding hydrogens is 250 g/mol. The number of hydrogen-bond donors (Lipinski definition) is 2. The summed E-state index contributed by atoms with van der Waals surface area (Å²) in [6.07, 6.45) is 0. The van der Waals surface area contributed by atoms with Crippen LogP contribution in [0.15, 0.2) is 12.1 Å². The van der Waals surface area contributed by atoms with E-state index < -0.39 is 0 Å². The van der Waals surface area contributed by atoms with Gasteiger partial charge in [-0.1, -0.05) is 11.6 Å². The number of ether oxygens (including phenoxy) is 1. The molecule has 1 heterocycles. The van der Waals surface area contributed by atoms with Gasteiger partial charge in [-0.15, -0.1) is 0 Å². The molecule has 1 aromatic carbocycles. The van der Waals surface area contributed by atoms with Crippen LogP contribution in [0.4, 0.5) is 0 Å². The second kappa shape index (κ2) is 5.00. The average molecular weight is 266 g/mol. The van der Waals surface area contributed by atoms with Crippen LogP contribution in [-0.4, -0.2) is 17.1 Å². The highest BCUT2D eigenvalue weighted by Gasteiger charge is 2.14. The van der Waals surface area contributed by atoms with Crippen LogP contribution in [0, 0.1) is 13.8 Å². The molecule has 5 heteroatoms. The molecule has 0 saturated heterocycles. The monoisotopic (exact) mass is 265 g/mol. The van der Waals surface area contributed by atoms with E-state index in [1.54, 1.807) is 7.11 Å². The summed E-state index contributed by atoms with van der Waals surface area (Å²) in [5.41, 5.74) is 9.52. The fourth-order valence-corrected chi connectivity index (χ4v) is 2.22. The third-order valence-corrected chi connectivity index (χ3v) is 3.15. The molecule has 0 bridgehead atoms. The Morgan fingerprint density at radius 3 is 2.72 bits per heavy atom. The molecule has 0 radical (unpaired) electrons. The number of nitrogens with two attached hydrogens (primary N) is 1. The van der Waals surface area contributed by atoms with Crippen LogP contribution in [0.2, 0.25) is 5.02 Å². The zero-order valence-corrected chi connectivity index (χ0v) is 11.4. The molecule has 0 spiro atoms. The third-order valence-electron chi connectivity index (χ3n) is 2.86. The Hall–Kier alpha value is -1.52. The van der Waals surface area contributed by atoms with E-state index in [1.165, 1.54) is 0 Å². The van der Waals surface area contributed by atoms with Crippen molar-refractivity contribution in [2.45, 2.75) is 20.4 Å². The van der Waals surface area contributed by atoms with Crippen molar-refractivity contribution in [3.05, 3.63) is 34.2 Å². The summed E-state index contributed by atoms with van der Waals surface area (Å²) in [6, 6.07) is 3.77. The minimum Gasteiger partial charge on any atom is -0.495 e. The van der Waals surface area contributed by atoms with Gasteiger partial charge in [-0.25, -0.2) is 4.98 Å². The molecule has 0 unspecified atom stereocenters. The summed E-state index contributed by atoms with van der Waals surface area (Å²) >= 11 is 6.16. The van der Waals surface area contributed by atoms with Gasteiger partial charge in [0.1, 0.15) is 11.6 Å². The molecule has 2 aromatic rings. The summed E-state index contributed by atoms with van der Waals surface area (Å²) in [5, 5.41) is 0.571. The van der Waals surface area contributed by atoms with Crippen LogP contribution in [0.5, 0.6) is 5.75 Å². The number of nitrogens with zero attached hydrogens (tertiary/aromatic N) is 1. The van der Waals surface area contributed by atoms with Crippen LogP contribution in [0.25, 0.3) is 11.3 Å². The average Bonchev–Trinajstić information content (AvgIpc) is 2.72. The van der Waals surface area contributed by atoms with Crippen molar-refractivity contribution in [1.82, 2.24) is 9.97 Å². The van der Waals surface area contributed by atoms with Crippen molar-refractivity contribution < 1.29 is 4.74 Å². The smallest absolute Gasteiger partial charge is 0.137 e. The third kappa shape index (κ3) is 2.21. The van der Waals surface area contributed by atoms with Crippen molar-refractivity contribution in [2.75, 3.05) is 7.11 Å². The maximum Gasteiger partial charge on any atom is 0.137 e. The van der Waals surface area contributed by atoms with Gasteiger partial charge in [0.2, 0.25) is 0 Å². The number of imidazole rings is 1. The highest BCUT2D eigenvalue weighted by Crippen LogP contribution is 2.33. The summed E-state index contributed by atoms with van der Waals surface area (Å²) in [5.74, 6) is 1.51. The van der Waals surface area contributed by atoms with E-state index in [0.29, 0.717) is 17.3 Å². The lowest BCUT2D eigenvalue weighted by molar-refractivity contribution is 0.415. The Kier molecular flexibility index (Phi) is 3.59. The van der Waals surface area contributed by atoms with Gasteiger partial charge in [0.05, 0.1) is 23.5 Å². The minimum atomic E-state index is 0.416. The topological polar surface area (TPSA) is 63.9 Å². The molecular formula is C13H16ClN3O. The predicted molar refractivity (Wildman–Crippen MR) is 73.0 cm³/mol.